The molecule has 0 bridgehead atoms. The summed E-state index contributed by atoms with van der Waals surface area (Å²) in [4.78, 5) is 40.6. The third kappa shape index (κ3) is 2.47. The van der Waals surface area contributed by atoms with Crippen molar-refractivity contribution in [3.63, 3.8) is 0 Å². The van der Waals surface area contributed by atoms with Crippen molar-refractivity contribution in [2.75, 3.05) is 0 Å². The highest BCUT2D eigenvalue weighted by Gasteiger charge is 2.38. The summed E-state index contributed by atoms with van der Waals surface area (Å²) in [6.45, 7) is 5.54. The predicted octanol–water partition coefficient (Wildman–Crippen LogP) is 2.34. The molecule has 0 N–H and O–H groups in total. The molecule has 1 atom stereocenters. The minimum atomic E-state index is -0.619. The quantitative estimate of drug-likeness (QED) is 0.610. The summed E-state index contributed by atoms with van der Waals surface area (Å²) >= 11 is 0. The van der Waals surface area contributed by atoms with Gasteiger partial charge in [0.15, 0.2) is 0 Å². The molecule has 20 heavy (non-hydrogen) atoms. The second kappa shape index (κ2) is 5.69. The molecule has 5 heteroatoms. The molecule has 5 nitrogen and oxygen atoms in total. The van der Waals surface area contributed by atoms with Crippen LogP contribution in [0.2, 0.25) is 0 Å². The van der Waals surface area contributed by atoms with Crippen LogP contribution in [0.15, 0.2) is 36.9 Å². The summed E-state index contributed by atoms with van der Waals surface area (Å²) in [5.74, 6) is -1.86. The van der Waals surface area contributed by atoms with Gasteiger partial charge in [0.05, 0.1) is 17.5 Å². The second-order valence-electron chi connectivity index (χ2n) is 4.52. The van der Waals surface area contributed by atoms with Gasteiger partial charge in [-0.3, -0.25) is 9.59 Å². The zero-order valence-corrected chi connectivity index (χ0v) is 11.2. The maximum atomic E-state index is 12.0. The number of nitrogens with zero attached hydrogens (tertiary/aromatic N) is 1. The average molecular weight is 273 g/mol. The van der Waals surface area contributed by atoms with E-state index in [0.29, 0.717) is 5.06 Å². The SMILES string of the molecule is C=CC(CC)CC(=O)ON1C(=O)c2ccccc2C1=O. The fourth-order valence-electron chi connectivity index (χ4n) is 2.00. The van der Waals surface area contributed by atoms with Crippen molar-refractivity contribution in [2.24, 2.45) is 5.92 Å². The van der Waals surface area contributed by atoms with Gasteiger partial charge in [0.1, 0.15) is 0 Å². The van der Waals surface area contributed by atoms with Gasteiger partial charge in [-0.05, 0) is 24.5 Å². The highest BCUT2D eigenvalue weighted by molar-refractivity contribution is 6.20. The van der Waals surface area contributed by atoms with Crippen LogP contribution in [-0.4, -0.2) is 22.8 Å². The molecule has 1 aliphatic rings. The molecule has 0 aromatic heterocycles. The Morgan fingerprint density at radius 1 is 1.30 bits per heavy atom. The van der Waals surface area contributed by atoms with Gasteiger partial charge in [-0.2, -0.15) is 0 Å². The van der Waals surface area contributed by atoms with Crippen molar-refractivity contribution in [1.82, 2.24) is 5.06 Å². The number of carbonyl (C=O) groups is 3. The van der Waals surface area contributed by atoms with E-state index in [9.17, 15) is 14.4 Å². The molecule has 1 heterocycles. The maximum Gasteiger partial charge on any atom is 0.333 e. The second-order valence-corrected chi connectivity index (χ2v) is 4.52. The fourth-order valence-corrected chi connectivity index (χ4v) is 2.00. The number of hydrogen-bond acceptors (Lipinski definition) is 4. The Labute approximate surface area is 116 Å². The van der Waals surface area contributed by atoms with Gasteiger partial charge in [0, 0.05) is 0 Å². The highest BCUT2D eigenvalue weighted by atomic mass is 16.7. The van der Waals surface area contributed by atoms with Crippen LogP contribution in [0.4, 0.5) is 0 Å². The Hall–Kier alpha value is -2.43. The molecule has 0 aliphatic carbocycles. The van der Waals surface area contributed by atoms with Crippen LogP contribution in [0, 0.1) is 5.92 Å². The number of amides is 2. The number of hydrogen-bond donors (Lipinski definition) is 0. The van der Waals surface area contributed by atoms with E-state index >= 15 is 0 Å². The highest BCUT2D eigenvalue weighted by Crippen LogP contribution is 2.23. The fraction of sp³-hybridized carbons (Fsp3) is 0.267. The predicted molar refractivity (Wildman–Crippen MR) is 71.6 cm³/mol. The number of hydroxylamine groups is 2. The lowest BCUT2D eigenvalue weighted by molar-refractivity contribution is -0.169. The van der Waals surface area contributed by atoms with Gasteiger partial charge < -0.3 is 4.84 Å². The third-order valence-corrected chi connectivity index (χ3v) is 3.24. The smallest absolute Gasteiger partial charge is 0.330 e. The molecule has 1 aromatic carbocycles. The van der Waals surface area contributed by atoms with E-state index in [4.69, 9.17) is 4.84 Å². The lowest BCUT2D eigenvalue weighted by Gasteiger charge is -2.14. The Morgan fingerprint density at radius 3 is 2.30 bits per heavy atom. The van der Waals surface area contributed by atoms with E-state index in [2.05, 4.69) is 6.58 Å². The van der Waals surface area contributed by atoms with Gasteiger partial charge >= 0.3 is 5.97 Å². The van der Waals surface area contributed by atoms with Gasteiger partial charge in [-0.15, -0.1) is 6.58 Å². The minimum Gasteiger partial charge on any atom is -0.330 e. The first-order valence-electron chi connectivity index (χ1n) is 6.39. The Balaban J connectivity index is 2.09. The van der Waals surface area contributed by atoms with Crippen molar-refractivity contribution >= 4 is 17.8 Å². The lowest BCUT2D eigenvalue weighted by Crippen LogP contribution is -2.33. The van der Waals surface area contributed by atoms with Gasteiger partial charge in [0.25, 0.3) is 11.8 Å². The molecule has 0 saturated carbocycles. The summed E-state index contributed by atoms with van der Waals surface area (Å²) in [5.41, 5.74) is 0.502. The number of rotatable bonds is 5. The van der Waals surface area contributed by atoms with Gasteiger partial charge in [-0.25, -0.2) is 4.79 Å². The van der Waals surface area contributed by atoms with Crippen molar-refractivity contribution < 1.29 is 19.2 Å². The van der Waals surface area contributed by atoms with Gasteiger partial charge in [-0.1, -0.05) is 30.2 Å². The number of fused-ring (bicyclic) bond motifs is 1. The zero-order valence-electron chi connectivity index (χ0n) is 11.2. The molecule has 104 valence electrons. The van der Waals surface area contributed by atoms with Crippen LogP contribution in [0.5, 0.6) is 0 Å². The molecule has 0 fully saturated rings. The van der Waals surface area contributed by atoms with Crippen LogP contribution in [-0.2, 0) is 9.63 Å². The van der Waals surface area contributed by atoms with Crippen LogP contribution in [0.1, 0.15) is 40.5 Å². The Kier molecular flexibility index (Phi) is 3.98. The van der Waals surface area contributed by atoms with Gasteiger partial charge in [0.2, 0.25) is 0 Å². The number of allylic oxidation sites excluding steroid dienone is 1. The molecule has 0 spiro atoms. The maximum absolute atomic E-state index is 12.0. The van der Waals surface area contributed by atoms with E-state index in [1.807, 2.05) is 6.92 Å². The number of benzene rings is 1. The summed E-state index contributed by atoms with van der Waals surface area (Å²) in [7, 11) is 0. The van der Waals surface area contributed by atoms with E-state index in [0.717, 1.165) is 6.42 Å². The third-order valence-electron chi connectivity index (χ3n) is 3.24. The zero-order chi connectivity index (χ0) is 14.7. The van der Waals surface area contributed by atoms with Crippen molar-refractivity contribution in [3.8, 4) is 0 Å². The molecule has 1 aliphatic heterocycles. The van der Waals surface area contributed by atoms with Crippen LogP contribution >= 0.6 is 0 Å². The summed E-state index contributed by atoms with van der Waals surface area (Å²) in [5, 5.41) is 0.531. The number of carbonyl (C=O) groups excluding carboxylic acids is 3. The molecular weight excluding hydrogens is 258 g/mol. The normalized spacial score (nSPS) is 14.9. The molecule has 1 aromatic rings. The van der Waals surface area contributed by atoms with Crippen LogP contribution < -0.4 is 0 Å². The summed E-state index contributed by atoms with van der Waals surface area (Å²) < 4.78 is 0. The Morgan fingerprint density at radius 2 is 1.85 bits per heavy atom. The summed E-state index contributed by atoms with van der Waals surface area (Å²) in [6, 6.07) is 6.37. The van der Waals surface area contributed by atoms with E-state index in [1.54, 1.807) is 18.2 Å². The topological polar surface area (TPSA) is 63.7 Å². The van der Waals surface area contributed by atoms with E-state index in [-0.39, 0.29) is 23.5 Å². The summed E-state index contributed by atoms with van der Waals surface area (Å²) in [6.07, 6.45) is 2.48. The molecular formula is C15H15NO4. The molecule has 2 rings (SSSR count). The Bertz CT molecular complexity index is 544. The molecule has 0 radical (unpaired) electrons. The van der Waals surface area contributed by atoms with Crippen molar-refractivity contribution in [3.05, 3.63) is 48.0 Å². The van der Waals surface area contributed by atoms with E-state index in [1.165, 1.54) is 12.1 Å². The molecule has 2 amide bonds. The largest absolute Gasteiger partial charge is 0.333 e. The monoisotopic (exact) mass is 273 g/mol. The molecule has 1 unspecified atom stereocenters. The van der Waals surface area contributed by atoms with Crippen LogP contribution in [0.3, 0.4) is 0 Å². The van der Waals surface area contributed by atoms with E-state index < -0.39 is 17.8 Å². The van der Waals surface area contributed by atoms with Crippen molar-refractivity contribution in [2.45, 2.75) is 19.8 Å². The lowest BCUT2D eigenvalue weighted by atomic mass is 10.0. The van der Waals surface area contributed by atoms with Crippen LogP contribution in [0.25, 0.3) is 0 Å². The molecule has 0 saturated heterocycles. The first-order chi connectivity index (χ1) is 9.58. The number of imide groups is 1. The average Bonchev–Trinajstić information content (AvgIpc) is 2.70. The minimum absolute atomic E-state index is 0.0299. The first kappa shape index (κ1) is 14.0. The van der Waals surface area contributed by atoms with Crippen molar-refractivity contribution in [1.29, 1.82) is 0 Å². The first-order valence-corrected chi connectivity index (χ1v) is 6.39. The standard InChI is InChI=1S/C15H15NO4/c1-3-10(4-2)9-13(17)20-16-14(18)11-7-5-6-8-12(11)15(16)19/h3,5-8,10H,1,4,9H2,2H3.